The highest BCUT2D eigenvalue weighted by molar-refractivity contribution is 6.09. The molecule has 1 spiro atoms. The highest BCUT2D eigenvalue weighted by Gasteiger charge is 2.68. The Morgan fingerprint density at radius 1 is 1.28 bits per heavy atom. The monoisotopic (exact) mass is 350 g/mol. The van der Waals surface area contributed by atoms with Gasteiger partial charge in [-0.15, -0.1) is 0 Å². The van der Waals surface area contributed by atoms with Crippen molar-refractivity contribution in [3.63, 3.8) is 0 Å². The Hall–Kier alpha value is -1.24. The number of fused-ring (bicyclic) bond motifs is 4. The molecule has 7 atom stereocenters. The fourth-order valence-corrected chi connectivity index (χ4v) is 6.14. The van der Waals surface area contributed by atoms with Gasteiger partial charge in [0, 0.05) is 30.8 Å². The number of ketones is 1. The molecule has 4 fully saturated rings. The number of methoxy groups -OCH3 is 1. The van der Waals surface area contributed by atoms with E-state index in [0.29, 0.717) is 12.2 Å². The van der Waals surface area contributed by atoms with E-state index in [1.807, 2.05) is 0 Å². The van der Waals surface area contributed by atoms with Crippen LogP contribution < -0.4 is 0 Å². The molecule has 0 aromatic carbocycles. The second kappa shape index (κ2) is 5.63. The molecule has 1 N–H and O–H groups in total. The number of ether oxygens (including phenoxy) is 3. The lowest BCUT2D eigenvalue weighted by Crippen LogP contribution is -2.64. The summed E-state index contributed by atoms with van der Waals surface area (Å²) < 4.78 is 17.1. The van der Waals surface area contributed by atoms with Gasteiger partial charge < -0.3 is 19.3 Å². The van der Waals surface area contributed by atoms with Crippen molar-refractivity contribution in [3.8, 4) is 0 Å². The van der Waals surface area contributed by atoms with Gasteiger partial charge in [-0.2, -0.15) is 0 Å². The highest BCUT2D eigenvalue weighted by atomic mass is 16.7. The van der Waals surface area contributed by atoms with Crippen molar-refractivity contribution in [2.75, 3.05) is 20.3 Å². The topological polar surface area (TPSA) is 82.1 Å². The van der Waals surface area contributed by atoms with Crippen LogP contribution in [0.25, 0.3) is 0 Å². The second-order valence-corrected chi connectivity index (χ2v) is 8.48. The lowest BCUT2D eigenvalue weighted by atomic mass is 9.47. The summed E-state index contributed by atoms with van der Waals surface area (Å²) in [5, 5.41) is 10.9. The van der Waals surface area contributed by atoms with Crippen LogP contribution in [0.1, 0.15) is 32.6 Å². The Bertz CT molecular complexity index is 629. The number of Topliss-reactive ketones (excluding diaryl/α,β-unsaturated/α-hetero) is 1. The standard InChI is InChI=1S/C19H26O6/c1-10-7-11(20)13-12(14(10)21)16(22)24-9-19(13)6-4-5-18(2)8-25-17(23-3)15(18)19/h11-13,15,17,20H,1,4-9H2,2-3H3/t11-,12-,13-,15-,17-,18+,19-/m1/s1. The van der Waals surface area contributed by atoms with E-state index in [9.17, 15) is 14.7 Å². The first kappa shape index (κ1) is 17.2. The van der Waals surface area contributed by atoms with E-state index >= 15 is 0 Å². The van der Waals surface area contributed by atoms with Crippen molar-refractivity contribution >= 4 is 11.8 Å². The fraction of sp³-hybridized carbons (Fsp3) is 0.789. The van der Waals surface area contributed by atoms with Crippen molar-refractivity contribution in [2.45, 2.75) is 45.0 Å². The largest absolute Gasteiger partial charge is 0.465 e. The third kappa shape index (κ3) is 2.20. The smallest absolute Gasteiger partial charge is 0.317 e. The Morgan fingerprint density at radius 3 is 2.76 bits per heavy atom. The van der Waals surface area contributed by atoms with Crippen LogP contribution in [0.2, 0.25) is 0 Å². The van der Waals surface area contributed by atoms with Gasteiger partial charge in [-0.25, -0.2) is 0 Å². The van der Waals surface area contributed by atoms with Crippen LogP contribution in [0.3, 0.4) is 0 Å². The average Bonchev–Trinajstić information content (AvgIpc) is 2.93. The van der Waals surface area contributed by atoms with Crippen LogP contribution in [0.5, 0.6) is 0 Å². The van der Waals surface area contributed by atoms with E-state index in [1.54, 1.807) is 7.11 Å². The van der Waals surface area contributed by atoms with E-state index in [-0.39, 0.29) is 30.1 Å². The second-order valence-electron chi connectivity index (χ2n) is 8.48. The number of rotatable bonds is 1. The van der Waals surface area contributed by atoms with E-state index in [2.05, 4.69) is 13.5 Å². The van der Waals surface area contributed by atoms with Crippen LogP contribution in [0, 0.1) is 28.6 Å². The maximum absolute atomic E-state index is 12.7. The third-order valence-corrected chi connectivity index (χ3v) is 7.10. The van der Waals surface area contributed by atoms with Gasteiger partial charge in [0.05, 0.1) is 19.3 Å². The van der Waals surface area contributed by atoms with Crippen molar-refractivity contribution in [3.05, 3.63) is 12.2 Å². The van der Waals surface area contributed by atoms with Gasteiger partial charge in [0.25, 0.3) is 0 Å². The number of aliphatic hydroxyl groups is 1. The molecule has 2 heterocycles. The van der Waals surface area contributed by atoms with Crippen LogP contribution in [0.15, 0.2) is 12.2 Å². The number of hydrogen-bond acceptors (Lipinski definition) is 6. The maximum atomic E-state index is 12.7. The lowest BCUT2D eigenvalue weighted by Gasteiger charge is -2.58. The summed E-state index contributed by atoms with van der Waals surface area (Å²) in [5.74, 6) is -2.24. The molecule has 138 valence electrons. The molecule has 4 rings (SSSR count). The minimum atomic E-state index is -0.953. The molecule has 0 bridgehead atoms. The molecule has 2 aliphatic carbocycles. The third-order valence-electron chi connectivity index (χ3n) is 7.10. The average molecular weight is 350 g/mol. The number of carbonyl (C=O) groups is 2. The normalized spacial score (nSPS) is 49.7. The first-order valence-electron chi connectivity index (χ1n) is 9.05. The van der Waals surface area contributed by atoms with Gasteiger partial charge in [0.15, 0.2) is 12.1 Å². The first-order valence-corrected chi connectivity index (χ1v) is 9.05. The molecule has 2 saturated heterocycles. The number of hydrogen-bond donors (Lipinski definition) is 1. The zero-order valence-electron chi connectivity index (χ0n) is 14.8. The number of cyclic esters (lactones) is 1. The molecular weight excluding hydrogens is 324 g/mol. The number of esters is 1. The number of aliphatic hydroxyl groups excluding tert-OH is 1. The van der Waals surface area contributed by atoms with Crippen molar-refractivity contribution in [1.29, 1.82) is 0 Å². The highest BCUT2D eigenvalue weighted by Crippen LogP contribution is 2.64. The lowest BCUT2D eigenvalue weighted by molar-refractivity contribution is -0.224. The summed E-state index contributed by atoms with van der Waals surface area (Å²) in [7, 11) is 1.62. The minimum absolute atomic E-state index is 0.0202. The molecule has 6 nitrogen and oxygen atoms in total. The SMILES string of the molecule is C=C1C[C@@H](O)[C@@H]2[C@@H](C(=O)OC[C@]23CCC[C@@]2(C)CO[C@@H](OC)[C@H]23)C1=O. The summed E-state index contributed by atoms with van der Waals surface area (Å²) in [6.45, 7) is 6.73. The molecular formula is C19H26O6. The van der Waals surface area contributed by atoms with Gasteiger partial charge in [-0.05, 0) is 23.8 Å². The summed E-state index contributed by atoms with van der Waals surface area (Å²) >= 11 is 0. The predicted molar refractivity (Wildman–Crippen MR) is 87.3 cm³/mol. The molecule has 6 heteroatoms. The van der Waals surface area contributed by atoms with Crippen molar-refractivity contribution in [1.82, 2.24) is 0 Å². The van der Waals surface area contributed by atoms with Crippen LogP contribution in [-0.4, -0.2) is 49.6 Å². The Balaban J connectivity index is 1.83. The van der Waals surface area contributed by atoms with Crippen LogP contribution >= 0.6 is 0 Å². The van der Waals surface area contributed by atoms with E-state index < -0.39 is 35.6 Å². The molecule has 0 unspecified atom stereocenters. The molecule has 2 aliphatic heterocycles. The Kier molecular flexibility index (Phi) is 3.87. The molecule has 0 aromatic rings. The van der Waals surface area contributed by atoms with Crippen LogP contribution in [-0.2, 0) is 23.8 Å². The molecule has 0 aromatic heterocycles. The predicted octanol–water partition coefficient (Wildman–Crippen LogP) is 1.46. The minimum Gasteiger partial charge on any atom is -0.465 e. The van der Waals surface area contributed by atoms with Gasteiger partial charge in [0.2, 0.25) is 0 Å². The molecule has 4 aliphatic rings. The molecule has 0 radical (unpaired) electrons. The van der Waals surface area contributed by atoms with Crippen molar-refractivity contribution < 1.29 is 28.9 Å². The molecule has 0 amide bonds. The summed E-state index contributed by atoms with van der Waals surface area (Å²) in [4.78, 5) is 25.1. The van der Waals surface area contributed by atoms with E-state index in [4.69, 9.17) is 14.2 Å². The fourth-order valence-electron chi connectivity index (χ4n) is 6.14. The first-order chi connectivity index (χ1) is 11.8. The number of carbonyl (C=O) groups excluding carboxylic acids is 2. The molecule has 25 heavy (non-hydrogen) atoms. The summed E-state index contributed by atoms with van der Waals surface area (Å²) in [5.41, 5.74) is -0.296. The maximum Gasteiger partial charge on any atom is 0.317 e. The van der Waals surface area contributed by atoms with Gasteiger partial charge >= 0.3 is 5.97 Å². The van der Waals surface area contributed by atoms with Gasteiger partial charge in [-0.3, -0.25) is 9.59 Å². The van der Waals surface area contributed by atoms with Gasteiger partial charge in [-0.1, -0.05) is 19.9 Å². The quantitative estimate of drug-likeness (QED) is 0.438. The Labute approximate surface area is 147 Å². The Morgan fingerprint density at radius 2 is 2.04 bits per heavy atom. The van der Waals surface area contributed by atoms with Gasteiger partial charge in [0.1, 0.15) is 5.92 Å². The van der Waals surface area contributed by atoms with Crippen LogP contribution in [0.4, 0.5) is 0 Å². The van der Waals surface area contributed by atoms with E-state index in [1.165, 1.54) is 0 Å². The summed E-state index contributed by atoms with van der Waals surface area (Å²) in [6, 6.07) is 0. The molecule has 2 saturated carbocycles. The summed E-state index contributed by atoms with van der Waals surface area (Å²) in [6.07, 6.45) is 1.79. The van der Waals surface area contributed by atoms with Crippen molar-refractivity contribution in [2.24, 2.45) is 28.6 Å². The van der Waals surface area contributed by atoms with E-state index in [0.717, 1.165) is 19.3 Å². The zero-order valence-corrected chi connectivity index (χ0v) is 14.8. The zero-order chi connectivity index (χ0) is 18.0.